The van der Waals surface area contributed by atoms with Gasteiger partial charge in [-0.3, -0.25) is 14.6 Å². The largest absolute Gasteiger partial charge is 0.366 e. The fraction of sp³-hybridized carbons (Fsp3) is 0.0909. The van der Waals surface area contributed by atoms with Crippen LogP contribution in [0.5, 0.6) is 0 Å². The Morgan fingerprint density at radius 3 is 2.70 bits per heavy atom. The molecule has 0 atom stereocenters. The Balaban J connectivity index is 2.46. The number of rotatable bonds is 4. The molecule has 0 unspecified atom stereocenters. The SMILES string of the molecule is Cc1c(F)cc(C(N)=O)cc1NS(=O)(=O)c1ccn[nH]1. The van der Waals surface area contributed by atoms with Gasteiger partial charge in [-0.05, 0) is 25.1 Å². The Hall–Kier alpha value is -2.42. The Morgan fingerprint density at radius 1 is 1.45 bits per heavy atom. The van der Waals surface area contributed by atoms with Crippen LogP contribution in [0.4, 0.5) is 10.1 Å². The molecule has 0 aliphatic rings. The predicted octanol–water partition coefficient (Wildman–Crippen LogP) is 0.757. The maximum atomic E-state index is 13.7. The van der Waals surface area contributed by atoms with Crippen molar-refractivity contribution in [1.29, 1.82) is 0 Å². The molecular formula is C11H11FN4O3S. The van der Waals surface area contributed by atoms with E-state index in [9.17, 15) is 17.6 Å². The van der Waals surface area contributed by atoms with Gasteiger partial charge in [-0.15, -0.1) is 0 Å². The summed E-state index contributed by atoms with van der Waals surface area (Å²) in [5, 5.41) is 5.63. The van der Waals surface area contributed by atoms with Crippen LogP contribution in [-0.4, -0.2) is 24.5 Å². The van der Waals surface area contributed by atoms with Crippen molar-refractivity contribution in [2.24, 2.45) is 5.73 Å². The number of nitrogens with zero attached hydrogens (tertiary/aromatic N) is 1. The van der Waals surface area contributed by atoms with Gasteiger partial charge in [0.2, 0.25) is 5.91 Å². The van der Waals surface area contributed by atoms with Gasteiger partial charge in [-0.25, -0.2) is 4.39 Å². The molecular weight excluding hydrogens is 287 g/mol. The second-order valence-electron chi connectivity index (χ2n) is 4.02. The smallest absolute Gasteiger partial charge is 0.278 e. The van der Waals surface area contributed by atoms with Crippen molar-refractivity contribution in [1.82, 2.24) is 10.2 Å². The van der Waals surface area contributed by atoms with E-state index in [0.29, 0.717) is 0 Å². The highest BCUT2D eigenvalue weighted by Crippen LogP contribution is 2.23. The predicted molar refractivity (Wildman–Crippen MR) is 69.1 cm³/mol. The molecule has 2 aromatic rings. The zero-order valence-electron chi connectivity index (χ0n) is 10.3. The van der Waals surface area contributed by atoms with E-state index in [0.717, 1.165) is 6.07 Å². The molecule has 9 heteroatoms. The quantitative estimate of drug-likeness (QED) is 0.772. The van der Waals surface area contributed by atoms with Crippen molar-refractivity contribution in [2.45, 2.75) is 11.9 Å². The average molecular weight is 298 g/mol. The van der Waals surface area contributed by atoms with Gasteiger partial charge in [0.25, 0.3) is 10.0 Å². The van der Waals surface area contributed by atoms with Gasteiger partial charge in [0, 0.05) is 11.1 Å². The number of sulfonamides is 1. The highest BCUT2D eigenvalue weighted by molar-refractivity contribution is 7.92. The van der Waals surface area contributed by atoms with E-state index in [4.69, 9.17) is 5.73 Å². The molecule has 20 heavy (non-hydrogen) atoms. The number of carbonyl (C=O) groups excluding carboxylic acids is 1. The van der Waals surface area contributed by atoms with Crippen molar-refractivity contribution >= 4 is 21.6 Å². The fourth-order valence-electron chi connectivity index (χ4n) is 1.52. The Labute approximate surface area is 114 Å². The van der Waals surface area contributed by atoms with Gasteiger partial charge >= 0.3 is 0 Å². The minimum Gasteiger partial charge on any atom is -0.366 e. The van der Waals surface area contributed by atoms with E-state index in [2.05, 4.69) is 14.9 Å². The standard InChI is InChI=1S/C11H11FN4O3S/c1-6-8(12)4-7(11(13)17)5-9(6)16-20(18,19)10-2-3-14-15-10/h2-5,16H,1H3,(H2,13,17)(H,14,15). The van der Waals surface area contributed by atoms with E-state index in [1.54, 1.807) is 0 Å². The highest BCUT2D eigenvalue weighted by atomic mass is 32.2. The van der Waals surface area contributed by atoms with E-state index in [1.165, 1.54) is 25.3 Å². The van der Waals surface area contributed by atoms with Crippen LogP contribution in [0.25, 0.3) is 0 Å². The van der Waals surface area contributed by atoms with Crippen molar-refractivity contribution in [3.05, 3.63) is 41.3 Å². The maximum Gasteiger partial charge on any atom is 0.278 e. The molecule has 0 aliphatic heterocycles. The lowest BCUT2D eigenvalue weighted by molar-refractivity contribution is 0.1000. The number of aromatic nitrogens is 2. The van der Waals surface area contributed by atoms with Crippen LogP contribution in [0.15, 0.2) is 29.4 Å². The third-order valence-electron chi connectivity index (χ3n) is 2.64. The summed E-state index contributed by atoms with van der Waals surface area (Å²) in [6.07, 6.45) is 1.27. The molecule has 1 aromatic heterocycles. The van der Waals surface area contributed by atoms with Crippen LogP contribution in [0.2, 0.25) is 0 Å². The number of amides is 1. The Kier molecular flexibility index (Phi) is 3.45. The number of aromatic amines is 1. The van der Waals surface area contributed by atoms with Gasteiger partial charge in [0.05, 0.1) is 11.9 Å². The molecule has 0 fully saturated rings. The third-order valence-corrected chi connectivity index (χ3v) is 3.93. The number of halogens is 1. The number of H-pyrrole nitrogens is 1. The number of hydrogen-bond acceptors (Lipinski definition) is 4. The molecule has 0 spiro atoms. The Morgan fingerprint density at radius 2 is 2.15 bits per heavy atom. The topological polar surface area (TPSA) is 118 Å². The molecule has 7 nitrogen and oxygen atoms in total. The molecule has 1 aromatic carbocycles. The fourth-order valence-corrected chi connectivity index (χ4v) is 2.54. The first-order valence-corrected chi connectivity index (χ1v) is 6.92. The first-order chi connectivity index (χ1) is 9.31. The normalized spacial score (nSPS) is 11.3. The zero-order valence-corrected chi connectivity index (χ0v) is 11.2. The van der Waals surface area contributed by atoms with E-state index >= 15 is 0 Å². The van der Waals surface area contributed by atoms with Crippen molar-refractivity contribution in [2.75, 3.05) is 4.72 Å². The van der Waals surface area contributed by atoms with Crippen molar-refractivity contribution in [3.8, 4) is 0 Å². The summed E-state index contributed by atoms with van der Waals surface area (Å²) < 4.78 is 39.8. The first-order valence-electron chi connectivity index (χ1n) is 5.43. The minimum atomic E-state index is -3.94. The van der Waals surface area contributed by atoms with Crippen LogP contribution >= 0.6 is 0 Å². The maximum absolute atomic E-state index is 13.7. The van der Waals surface area contributed by atoms with Crippen LogP contribution < -0.4 is 10.5 Å². The number of benzene rings is 1. The third kappa shape index (κ3) is 2.62. The lowest BCUT2D eigenvalue weighted by atomic mass is 10.1. The Bertz CT molecular complexity index is 756. The van der Waals surface area contributed by atoms with Gasteiger partial charge in [0.15, 0.2) is 5.03 Å². The second kappa shape index (κ2) is 4.93. The van der Waals surface area contributed by atoms with E-state index < -0.39 is 21.7 Å². The first kappa shape index (κ1) is 14.0. The summed E-state index contributed by atoms with van der Waals surface area (Å²) in [5.74, 6) is -1.59. The number of hydrogen-bond donors (Lipinski definition) is 3. The van der Waals surface area contributed by atoms with Gasteiger partial charge in [-0.2, -0.15) is 13.5 Å². The summed E-state index contributed by atoms with van der Waals surface area (Å²) in [6.45, 7) is 1.38. The number of nitrogens with one attached hydrogen (secondary N) is 2. The number of nitrogens with two attached hydrogens (primary N) is 1. The minimum absolute atomic E-state index is 0.0538. The molecule has 4 N–H and O–H groups in total. The molecule has 0 bridgehead atoms. The van der Waals surface area contributed by atoms with Crippen LogP contribution in [-0.2, 0) is 10.0 Å². The number of carbonyl (C=O) groups is 1. The van der Waals surface area contributed by atoms with E-state index in [1.807, 2.05) is 0 Å². The molecule has 106 valence electrons. The summed E-state index contributed by atoms with van der Waals surface area (Å²) >= 11 is 0. The average Bonchev–Trinajstić information content (AvgIpc) is 2.88. The molecule has 1 heterocycles. The molecule has 0 saturated carbocycles. The monoisotopic (exact) mass is 298 g/mol. The molecule has 0 radical (unpaired) electrons. The molecule has 0 saturated heterocycles. The summed E-state index contributed by atoms with van der Waals surface area (Å²) in [6, 6.07) is 3.37. The van der Waals surface area contributed by atoms with Crippen LogP contribution in [0.3, 0.4) is 0 Å². The zero-order chi connectivity index (χ0) is 14.9. The summed E-state index contributed by atoms with van der Waals surface area (Å²) in [7, 11) is -3.94. The second-order valence-corrected chi connectivity index (χ2v) is 5.67. The summed E-state index contributed by atoms with van der Waals surface area (Å²) in [4.78, 5) is 11.1. The molecule has 1 amide bonds. The molecule has 2 rings (SSSR count). The summed E-state index contributed by atoms with van der Waals surface area (Å²) in [5.41, 5.74) is 4.92. The van der Waals surface area contributed by atoms with Crippen molar-refractivity contribution < 1.29 is 17.6 Å². The lowest BCUT2D eigenvalue weighted by Crippen LogP contribution is -2.17. The van der Waals surface area contributed by atoms with Gasteiger partial charge in [0.1, 0.15) is 5.82 Å². The molecule has 0 aliphatic carbocycles. The number of primary amides is 1. The van der Waals surface area contributed by atoms with Crippen LogP contribution in [0.1, 0.15) is 15.9 Å². The van der Waals surface area contributed by atoms with Gasteiger partial charge in [-0.1, -0.05) is 0 Å². The number of anilines is 1. The van der Waals surface area contributed by atoms with Crippen molar-refractivity contribution in [3.63, 3.8) is 0 Å². The van der Waals surface area contributed by atoms with Gasteiger partial charge < -0.3 is 5.73 Å². The van der Waals surface area contributed by atoms with E-state index in [-0.39, 0.29) is 21.8 Å². The highest BCUT2D eigenvalue weighted by Gasteiger charge is 2.19. The lowest BCUT2D eigenvalue weighted by Gasteiger charge is -2.11. The van der Waals surface area contributed by atoms with Crippen LogP contribution in [0, 0.1) is 12.7 Å².